The van der Waals surface area contributed by atoms with Crippen molar-refractivity contribution in [2.75, 3.05) is 25.1 Å². The highest BCUT2D eigenvalue weighted by Crippen LogP contribution is 2.33. The lowest BCUT2D eigenvalue weighted by Gasteiger charge is -2.31. The van der Waals surface area contributed by atoms with Crippen LogP contribution in [0.2, 0.25) is 5.02 Å². The zero-order valence-corrected chi connectivity index (χ0v) is 20.9. The van der Waals surface area contributed by atoms with E-state index in [1.54, 1.807) is 36.6 Å². The lowest BCUT2D eigenvalue weighted by atomic mass is 10.1. The van der Waals surface area contributed by atoms with Gasteiger partial charge in [-0.1, -0.05) is 39.7 Å². The summed E-state index contributed by atoms with van der Waals surface area (Å²) in [6.07, 6.45) is 1.87. The van der Waals surface area contributed by atoms with E-state index in [-0.39, 0.29) is 9.92 Å². The maximum atomic E-state index is 13.1. The first-order chi connectivity index (χ1) is 14.9. The summed E-state index contributed by atoms with van der Waals surface area (Å²) in [6, 6.07) is 12.9. The summed E-state index contributed by atoms with van der Waals surface area (Å²) < 4.78 is 32.1. The van der Waals surface area contributed by atoms with Gasteiger partial charge in [-0.25, -0.2) is 13.4 Å². The second-order valence-electron chi connectivity index (χ2n) is 7.45. The molecule has 2 heterocycles. The molecular formula is C22H22BrClN2O3S2. The minimum absolute atomic E-state index is 0.215. The van der Waals surface area contributed by atoms with Gasteiger partial charge in [0.2, 0.25) is 0 Å². The molecule has 0 unspecified atom stereocenters. The van der Waals surface area contributed by atoms with Gasteiger partial charge < -0.3 is 9.64 Å². The number of methoxy groups -OCH3 is 1. The molecule has 0 N–H and O–H groups in total. The molecule has 9 heteroatoms. The monoisotopic (exact) mass is 540 g/mol. The quantitative estimate of drug-likeness (QED) is 0.406. The first-order valence-corrected chi connectivity index (χ1v) is 13.5. The number of piperidine rings is 1. The number of ether oxygens (including phenoxy) is 1. The van der Waals surface area contributed by atoms with Crippen LogP contribution in [0.25, 0.3) is 0 Å². The number of nitrogens with zero attached hydrogens (tertiary/aromatic N) is 2. The van der Waals surface area contributed by atoms with E-state index in [0.717, 1.165) is 27.5 Å². The summed E-state index contributed by atoms with van der Waals surface area (Å²) in [4.78, 5) is 7.17. The van der Waals surface area contributed by atoms with Gasteiger partial charge in [0.1, 0.15) is 5.75 Å². The Morgan fingerprint density at radius 1 is 1.19 bits per heavy atom. The zero-order chi connectivity index (χ0) is 22.0. The SMILES string of the molecule is COc1ccc(Cc2csc(N3CCC(S(=O)(=O)c4ccc(Br)cc4Cl)CC3)n2)cc1. The largest absolute Gasteiger partial charge is 0.497 e. The maximum Gasteiger partial charge on any atom is 0.185 e. The zero-order valence-electron chi connectivity index (χ0n) is 16.9. The van der Waals surface area contributed by atoms with Crippen LogP contribution in [0.5, 0.6) is 5.75 Å². The van der Waals surface area contributed by atoms with Crippen LogP contribution in [0.3, 0.4) is 0 Å². The number of benzene rings is 2. The van der Waals surface area contributed by atoms with Gasteiger partial charge in [-0.15, -0.1) is 11.3 Å². The molecule has 3 aromatic rings. The Morgan fingerprint density at radius 2 is 1.90 bits per heavy atom. The molecule has 0 radical (unpaired) electrons. The molecule has 1 fully saturated rings. The predicted octanol–water partition coefficient (Wildman–Crippen LogP) is 5.60. The van der Waals surface area contributed by atoms with E-state index < -0.39 is 15.1 Å². The van der Waals surface area contributed by atoms with Crippen LogP contribution in [0.1, 0.15) is 24.1 Å². The van der Waals surface area contributed by atoms with E-state index in [9.17, 15) is 8.42 Å². The van der Waals surface area contributed by atoms with Crippen molar-refractivity contribution in [3.8, 4) is 5.75 Å². The highest BCUT2D eigenvalue weighted by molar-refractivity contribution is 9.10. The van der Waals surface area contributed by atoms with E-state index in [0.29, 0.717) is 25.9 Å². The van der Waals surface area contributed by atoms with Gasteiger partial charge in [0.25, 0.3) is 0 Å². The minimum atomic E-state index is -3.46. The highest BCUT2D eigenvalue weighted by atomic mass is 79.9. The molecule has 1 aliphatic heterocycles. The number of sulfone groups is 1. The van der Waals surface area contributed by atoms with Gasteiger partial charge in [-0.05, 0) is 48.7 Å². The van der Waals surface area contributed by atoms with Crippen LogP contribution < -0.4 is 9.64 Å². The molecule has 2 aromatic carbocycles. The Labute approximate surface area is 200 Å². The molecule has 1 aromatic heterocycles. The molecule has 5 nitrogen and oxygen atoms in total. The summed E-state index contributed by atoms with van der Waals surface area (Å²) in [6.45, 7) is 1.32. The molecule has 164 valence electrons. The number of rotatable bonds is 6. The topological polar surface area (TPSA) is 59.5 Å². The Balaban J connectivity index is 1.39. The van der Waals surface area contributed by atoms with Crippen molar-refractivity contribution < 1.29 is 13.2 Å². The molecule has 31 heavy (non-hydrogen) atoms. The number of thiazole rings is 1. The fraction of sp³-hybridized carbons (Fsp3) is 0.318. The van der Waals surface area contributed by atoms with E-state index in [4.69, 9.17) is 21.3 Å². The van der Waals surface area contributed by atoms with Crippen molar-refractivity contribution in [3.63, 3.8) is 0 Å². The summed E-state index contributed by atoms with van der Waals surface area (Å²) in [5, 5.41) is 2.85. The lowest BCUT2D eigenvalue weighted by Crippen LogP contribution is -2.39. The highest BCUT2D eigenvalue weighted by Gasteiger charge is 2.33. The third-order valence-corrected chi connectivity index (χ3v) is 9.62. The summed E-state index contributed by atoms with van der Waals surface area (Å²) >= 11 is 11.1. The Kier molecular flexibility index (Phi) is 6.91. The van der Waals surface area contributed by atoms with Crippen LogP contribution in [0, 0.1) is 0 Å². The summed E-state index contributed by atoms with van der Waals surface area (Å²) in [5.74, 6) is 0.838. The van der Waals surface area contributed by atoms with Gasteiger partial charge in [0, 0.05) is 29.4 Å². The van der Waals surface area contributed by atoms with E-state index >= 15 is 0 Å². The van der Waals surface area contributed by atoms with Gasteiger partial charge in [-0.2, -0.15) is 0 Å². The number of aromatic nitrogens is 1. The molecule has 0 saturated carbocycles. The molecule has 0 bridgehead atoms. The Bertz CT molecular complexity index is 1160. The van der Waals surface area contributed by atoms with Crippen LogP contribution in [0.4, 0.5) is 5.13 Å². The molecule has 0 atom stereocenters. The first kappa shape index (κ1) is 22.6. The van der Waals surface area contributed by atoms with Gasteiger partial charge in [0.05, 0.1) is 28.0 Å². The van der Waals surface area contributed by atoms with E-state index in [1.807, 2.05) is 24.3 Å². The number of halogens is 2. The van der Waals surface area contributed by atoms with Crippen LogP contribution in [-0.2, 0) is 16.3 Å². The maximum absolute atomic E-state index is 13.1. The molecular weight excluding hydrogens is 520 g/mol. The van der Waals surface area contributed by atoms with Crippen molar-refractivity contribution in [2.45, 2.75) is 29.4 Å². The minimum Gasteiger partial charge on any atom is -0.497 e. The first-order valence-electron chi connectivity index (χ1n) is 9.88. The van der Waals surface area contributed by atoms with Crippen molar-refractivity contribution in [1.82, 2.24) is 4.98 Å². The summed E-state index contributed by atoms with van der Waals surface area (Å²) in [5.41, 5.74) is 2.19. The van der Waals surface area contributed by atoms with Gasteiger partial charge in [-0.3, -0.25) is 0 Å². The smallest absolute Gasteiger partial charge is 0.185 e. The van der Waals surface area contributed by atoms with Gasteiger partial charge >= 0.3 is 0 Å². The average Bonchev–Trinajstić information content (AvgIpc) is 3.22. The molecule has 0 spiro atoms. The second-order valence-corrected chi connectivity index (χ2v) is 11.8. The molecule has 1 aliphatic rings. The lowest BCUT2D eigenvalue weighted by molar-refractivity contribution is 0.414. The van der Waals surface area contributed by atoms with Crippen molar-refractivity contribution in [2.24, 2.45) is 0 Å². The summed E-state index contributed by atoms with van der Waals surface area (Å²) in [7, 11) is -1.81. The second kappa shape index (κ2) is 9.48. The van der Waals surface area contributed by atoms with E-state index in [2.05, 4.69) is 26.2 Å². The van der Waals surface area contributed by atoms with Gasteiger partial charge in [0.15, 0.2) is 15.0 Å². The van der Waals surface area contributed by atoms with Crippen molar-refractivity contribution in [1.29, 1.82) is 0 Å². The number of hydrogen-bond donors (Lipinski definition) is 0. The van der Waals surface area contributed by atoms with Crippen LogP contribution >= 0.6 is 38.9 Å². The van der Waals surface area contributed by atoms with Crippen LogP contribution in [-0.4, -0.2) is 38.9 Å². The molecule has 1 saturated heterocycles. The van der Waals surface area contributed by atoms with E-state index in [1.165, 1.54) is 5.56 Å². The van der Waals surface area contributed by atoms with Crippen molar-refractivity contribution >= 4 is 53.8 Å². The number of hydrogen-bond acceptors (Lipinski definition) is 6. The standard InChI is InChI=1S/C22H22BrClN2O3S2/c1-29-18-5-2-15(3-6-18)12-17-14-30-22(25-17)26-10-8-19(9-11-26)31(27,28)21-7-4-16(23)13-20(21)24/h2-7,13-14,19H,8-12H2,1H3. The average molecular weight is 542 g/mol. The number of anilines is 1. The Hall–Kier alpha value is -1.61. The molecule has 0 aliphatic carbocycles. The van der Waals surface area contributed by atoms with Crippen LogP contribution in [0.15, 0.2) is 57.2 Å². The molecule has 0 amide bonds. The van der Waals surface area contributed by atoms with Crippen molar-refractivity contribution in [3.05, 3.63) is 68.6 Å². The fourth-order valence-corrected chi connectivity index (χ4v) is 7.37. The normalized spacial score (nSPS) is 15.3. The fourth-order valence-electron chi connectivity index (χ4n) is 3.72. The Morgan fingerprint density at radius 3 is 2.55 bits per heavy atom. The third-order valence-electron chi connectivity index (χ3n) is 5.44. The third kappa shape index (κ3) is 5.08. The predicted molar refractivity (Wildman–Crippen MR) is 129 cm³/mol. The molecule has 4 rings (SSSR count).